The molecule has 4 rings (SSSR count). The Labute approximate surface area is 206 Å². The van der Waals surface area contributed by atoms with Crippen LogP contribution in [0.5, 0.6) is 0 Å². The number of halogens is 6. The van der Waals surface area contributed by atoms with Crippen molar-refractivity contribution in [1.29, 1.82) is 0 Å². The molecule has 2 fully saturated rings. The van der Waals surface area contributed by atoms with E-state index in [1.165, 1.54) is 0 Å². The fourth-order valence-electron chi connectivity index (χ4n) is 3.84. The number of aryl methyl sites for hydroxylation is 1. The van der Waals surface area contributed by atoms with E-state index in [1.807, 2.05) is 36.1 Å². The Morgan fingerprint density at radius 1 is 1.00 bits per heavy atom. The maximum Gasteiger partial charge on any atom is 0.490 e. The van der Waals surface area contributed by atoms with E-state index in [1.54, 1.807) is 12.4 Å². The van der Waals surface area contributed by atoms with Crippen LogP contribution in [0.2, 0.25) is 0 Å². The number of amides is 1. The number of furan rings is 1. The predicted molar refractivity (Wildman–Crippen MR) is 113 cm³/mol. The summed E-state index contributed by atoms with van der Waals surface area (Å²) in [6, 6.07) is 7.71. The van der Waals surface area contributed by atoms with Gasteiger partial charge in [0.15, 0.2) is 0 Å². The molecule has 0 aromatic carbocycles. The first-order valence-corrected chi connectivity index (χ1v) is 10.6. The Balaban J connectivity index is 0.000000286. The van der Waals surface area contributed by atoms with Gasteiger partial charge in [-0.05, 0) is 37.6 Å². The van der Waals surface area contributed by atoms with E-state index in [2.05, 4.69) is 9.88 Å². The largest absolute Gasteiger partial charge is 0.490 e. The van der Waals surface area contributed by atoms with Gasteiger partial charge in [0.25, 0.3) is 5.91 Å². The summed E-state index contributed by atoms with van der Waals surface area (Å²) in [5.74, 6) is -3.42. The van der Waals surface area contributed by atoms with Gasteiger partial charge >= 0.3 is 24.3 Å². The number of rotatable bonds is 3. The number of hydrogen-bond donors (Lipinski definition) is 2. The number of aromatic nitrogens is 1. The van der Waals surface area contributed by atoms with Crippen molar-refractivity contribution in [2.75, 3.05) is 26.2 Å². The number of carboxylic acid groups (broad SMARTS) is 2. The quantitative estimate of drug-likeness (QED) is 0.568. The van der Waals surface area contributed by atoms with E-state index in [9.17, 15) is 31.1 Å². The molecule has 0 radical (unpaired) electrons. The van der Waals surface area contributed by atoms with Crippen molar-refractivity contribution in [2.24, 2.45) is 5.41 Å². The van der Waals surface area contributed by atoms with Crippen molar-refractivity contribution in [3.8, 4) is 0 Å². The second-order valence-electron chi connectivity index (χ2n) is 8.48. The fraction of sp³-hybridized carbons (Fsp3) is 0.455. The Morgan fingerprint density at radius 2 is 1.57 bits per heavy atom. The zero-order valence-electron chi connectivity index (χ0n) is 19.3. The fourth-order valence-corrected chi connectivity index (χ4v) is 3.84. The predicted octanol–water partition coefficient (Wildman–Crippen LogP) is 3.60. The summed E-state index contributed by atoms with van der Waals surface area (Å²) in [6.07, 6.45) is -5.73. The number of carbonyl (C=O) groups excluding carboxylic acids is 1. The zero-order chi connectivity index (χ0) is 28.0. The van der Waals surface area contributed by atoms with Gasteiger partial charge in [-0.2, -0.15) is 26.3 Å². The molecule has 2 aromatic heterocycles. The van der Waals surface area contributed by atoms with Crippen LogP contribution in [0.25, 0.3) is 0 Å². The lowest BCUT2D eigenvalue weighted by Gasteiger charge is -2.47. The molecule has 1 spiro atoms. The van der Waals surface area contributed by atoms with Crippen LogP contribution in [-0.4, -0.2) is 81.4 Å². The summed E-state index contributed by atoms with van der Waals surface area (Å²) in [6.45, 7) is 6.63. The van der Waals surface area contributed by atoms with Crippen molar-refractivity contribution in [2.45, 2.75) is 32.2 Å². The molecule has 2 N–H and O–H groups in total. The van der Waals surface area contributed by atoms with Gasteiger partial charge in [-0.15, -0.1) is 0 Å². The highest BCUT2D eigenvalue weighted by atomic mass is 19.4. The molecule has 37 heavy (non-hydrogen) atoms. The van der Waals surface area contributed by atoms with Crippen LogP contribution in [0, 0.1) is 12.3 Å². The third kappa shape index (κ3) is 8.77. The minimum Gasteiger partial charge on any atom is -0.475 e. The van der Waals surface area contributed by atoms with Gasteiger partial charge in [0.2, 0.25) is 0 Å². The molecular formula is C22H23F6N3O6. The molecule has 204 valence electrons. The van der Waals surface area contributed by atoms with Gasteiger partial charge in [0.1, 0.15) is 11.5 Å². The molecule has 2 aliphatic rings. The molecule has 4 heterocycles. The number of aliphatic carboxylic acids is 2. The van der Waals surface area contributed by atoms with E-state index in [4.69, 9.17) is 24.2 Å². The number of carboxylic acids is 2. The van der Waals surface area contributed by atoms with Gasteiger partial charge in [-0.1, -0.05) is 0 Å². The molecule has 9 nitrogen and oxygen atoms in total. The third-order valence-electron chi connectivity index (χ3n) is 5.41. The monoisotopic (exact) mass is 539 g/mol. The van der Waals surface area contributed by atoms with Crippen molar-refractivity contribution in [3.63, 3.8) is 0 Å². The molecule has 2 aromatic rings. The summed E-state index contributed by atoms with van der Waals surface area (Å²) in [7, 11) is 0. The molecule has 0 bridgehead atoms. The maximum absolute atomic E-state index is 12.5. The highest BCUT2D eigenvalue weighted by molar-refractivity contribution is 5.94. The van der Waals surface area contributed by atoms with Gasteiger partial charge in [0.05, 0.1) is 12.1 Å². The highest BCUT2D eigenvalue weighted by Gasteiger charge is 2.48. The van der Waals surface area contributed by atoms with E-state index in [0.29, 0.717) is 5.56 Å². The smallest absolute Gasteiger partial charge is 0.475 e. The average Bonchev–Trinajstić information content (AvgIpc) is 3.40. The number of alkyl halides is 6. The van der Waals surface area contributed by atoms with E-state index >= 15 is 0 Å². The van der Waals surface area contributed by atoms with Crippen LogP contribution < -0.4 is 0 Å². The Bertz CT molecular complexity index is 1060. The van der Waals surface area contributed by atoms with Crippen molar-refractivity contribution < 1.29 is 55.4 Å². The first kappa shape index (κ1) is 29.6. The number of carbonyl (C=O) groups is 3. The van der Waals surface area contributed by atoms with Gasteiger partial charge in [-0.3, -0.25) is 14.7 Å². The normalized spacial score (nSPS) is 16.7. The van der Waals surface area contributed by atoms with Crippen LogP contribution in [0.4, 0.5) is 26.3 Å². The average molecular weight is 539 g/mol. The molecule has 2 saturated heterocycles. The van der Waals surface area contributed by atoms with Crippen LogP contribution in [0.1, 0.15) is 28.3 Å². The molecule has 1 amide bonds. The molecule has 0 saturated carbocycles. The minimum atomic E-state index is -5.08. The molecular weight excluding hydrogens is 516 g/mol. The lowest BCUT2D eigenvalue weighted by molar-refractivity contribution is -0.193. The van der Waals surface area contributed by atoms with Gasteiger partial charge in [-0.25, -0.2) is 9.59 Å². The van der Waals surface area contributed by atoms with E-state index in [0.717, 1.165) is 50.7 Å². The number of pyridine rings is 1. The number of hydrogen-bond acceptors (Lipinski definition) is 6. The van der Waals surface area contributed by atoms with Crippen molar-refractivity contribution >= 4 is 17.8 Å². The number of likely N-dealkylation sites (tertiary alicyclic amines) is 2. The Hall–Kier alpha value is -3.62. The van der Waals surface area contributed by atoms with Crippen LogP contribution >= 0.6 is 0 Å². The van der Waals surface area contributed by atoms with E-state index in [-0.39, 0.29) is 11.3 Å². The minimum absolute atomic E-state index is 0.107. The molecule has 0 unspecified atom stereocenters. The highest BCUT2D eigenvalue weighted by Crippen LogP contribution is 2.40. The standard InChI is InChI=1S/C18H21N3O2.2C2HF3O2/c1-14-4-5-16(23-14)10-20-11-18(12-20)6-8-21(13-18)17(22)15-3-2-7-19-9-15;2*3-2(4,5)1(6)7/h2-5,7,9H,6,8,10-13H2,1H3;2*(H,6,7). The van der Waals surface area contributed by atoms with Crippen molar-refractivity contribution in [3.05, 3.63) is 53.7 Å². The first-order chi connectivity index (χ1) is 17.0. The molecule has 0 atom stereocenters. The molecule has 0 aliphatic carbocycles. The summed E-state index contributed by atoms with van der Waals surface area (Å²) in [5, 5.41) is 14.2. The second kappa shape index (κ2) is 11.6. The van der Waals surface area contributed by atoms with Crippen molar-refractivity contribution in [1.82, 2.24) is 14.8 Å². The molecule has 2 aliphatic heterocycles. The van der Waals surface area contributed by atoms with Crippen LogP contribution in [0.3, 0.4) is 0 Å². The van der Waals surface area contributed by atoms with Crippen LogP contribution in [0.15, 0.2) is 41.1 Å². The second-order valence-corrected chi connectivity index (χ2v) is 8.48. The lowest BCUT2D eigenvalue weighted by atomic mass is 9.79. The Kier molecular flexibility index (Phi) is 9.30. The van der Waals surface area contributed by atoms with Gasteiger partial charge in [0, 0.05) is 44.0 Å². The maximum atomic E-state index is 12.5. The molecule has 15 heteroatoms. The van der Waals surface area contributed by atoms with Gasteiger partial charge < -0.3 is 19.5 Å². The summed E-state index contributed by atoms with van der Waals surface area (Å²) in [5.41, 5.74) is 0.964. The third-order valence-corrected chi connectivity index (χ3v) is 5.41. The summed E-state index contributed by atoms with van der Waals surface area (Å²) in [4.78, 5) is 38.7. The Morgan fingerprint density at radius 3 is 2.00 bits per heavy atom. The van der Waals surface area contributed by atoms with Crippen LogP contribution in [-0.2, 0) is 16.1 Å². The first-order valence-electron chi connectivity index (χ1n) is 10.6. The zero-order valence-corrected chi connectivity index (χ0v) is 19.3. The van der Waals surface area contributed by atoms with E-state index < -0.39 is 24.3 Å². The number of nitrogens with zero attached hydrogens (tertiary/aromatic N) is 3. The lowest BCUT2D eigenvalue weighted by Crippen LogP contribution is -2.57. The topological polar surface area (TPSA) is 124 Å². The SMILES string of the molecule is Cc1ccc(CN2CC3(CCN(C(=O)c4cccnc4)C3)C2)o1.O=C(O)C(F)(F)F.O=C(O)C(F)(F)F. The summed E-state index contributed by atoms with van der Waals surface area (Å²) >= 11 is 0. The summed E-state index contributed by atoms with van der Waals surface area (Å²) < 4.78 is 69.1.